The first-order valence-corrected chi connectivity index (χ1v) is 7.09. The van der Waals surface area contributed by atoms with Gasteiger partial charge in [-0.1, -0.05) is 18.2 Å². The summed E-state index contributed by atoms with van der Waals surface area (Å²) in [5.74, 6) is 0.0861. The fourth-order valence-electron chi connectivity index (χ4n) is 2.33. The van der Waals surface area contributed by atoms with E-state index in [0.29, 0.717) is 19.6 Å². The van der Waals surface area contributed by atoms with Gasteiger partial charge in [0.05, 0.1) is 7.11 Å². The Labute approximate surface area is 124 Å². The average Bonchev–Trinajstić information content (AvgIpc) is 2.55. The van der Waals surface area contributed by atoms with Crippen LogP contribution in [0.25, 0.3) is 0 Å². The first-order valence-electron chi connectivity index (χ1n) is 7.09. The number of carbonyl (C=O) groups excluding carboxylic acids is 2. The largest absolute Gasteiger partial charge is 0.453 e. The molecule has 1 aromatic rings. The molecule has 0 saturated carbocycles. The summed E-state index contributed by atoms with van der Waals surface area (Å²) in [6.07, 6.45) is -0.409. The number of benzene rings is 1. The van der Waals surface area contributed by atoms with Crippen molar-refractivity contribution in [3.8, 4) is 0 Å². The van der Waals surface area contributed by atoms with Gasteiger partial charge in [0.1, 0.15) is 0 Å². The monoisotopic (exact) mass is 291 g/mol. The van der Waals surface area contributed by atoms with E-state index < -0.39 is 6.09 Å². The lowest BCUT2D eigenvalue weighted by Gasteiger charge is -2.34. The molecule has 114 valence electrons. The SMILES string of the molecule is COC(=O)NCCN1CCN(C(=O)c2ccccc2)CC1. The molecule has 0 bridgehead atoms. The van der Waals surface area contributed by atoms with Crippen molar-refractivity contribution in [1.82, 2.24) is 15.1 Å². The number of nitrogens with zero attached hydrogens (tertiary/aromatic N) is 2. The smallest absolute Gasteiger partial charge is 0.406 e. The van der Waals surface area contributed by atoms with Gasteiger partial charge in [-0.3, -0.25) is 9.69 Å². The highest BCUT2D eigenvalue weighted by Gasteiger charge is 2.21. The maximum absolute atomic E-state index is 12.3. The van der Waals surface area contributed by atoms with E-state index in [4.69, 9.17) is 0 Å². The summed E-state index contributed by atoms with van der Waals surface area (Å²) in [5, 5.41) is 2.66. The molecule has 1 fully saturated rings. The topological polar surface area (TPSA) is 61.9 Å². The number of ether oxygens (including phenoxy) is 1. The molecule has 0 unspecified atom stereocenters. The van der Waals surface area contributed by atoms with Crippen molar-refractivity contribution < 1.29 is 14.3 Å². The summed E-state index contributed by atoms with van der Waals surface area (Å²) in [5.41, 5.74) is 0.735. The van der Waals surface area contributed by atoms with Crippen LogP contribution in [0.4, 0.5) is 4.79 Å². The predicted octanol–water partition coefficient (Wildman–Crippen LogP) is 0.800. The molecule has 6 heteroatoms. The van der Waals surface area contributed by atoms with Gasteiger partial charge in [-0.2, -0.15) is 0 Å². The molecule has 1 aromatic carbocycles. The van der Waals surface area contributed by atoms with E-state index in [2.05, 4.69) is 15.0 Å². The maximum Gasteiger partial charge on any atom is 0.406 e. The fourth-order valence-corrected chi connectivity index (χ4v) is 2.33. The number of nitrogens with one attached hydrogen (secondary N) is 1. The normalized spacial score (nSPS) is 15.6. The van der Waals surface area contributed by atoms with Crippen LogP contribution in [0, 0.1) is 0 Å². The van der Waals surface area contributed by atoms with Crippen molar-refractivity contribution >= 4 is 12.0 Å². The summed E-state index contributed by atoms with van der Waals surface area (Å²) in [7, 11) is 1.35. The summed E-state index contributed by atoms with van der Waals surface area (Å²) in [6, 6.07) is 9.34. The number of methoxy groups -OCH3 is 1. The van der Waals surface area contributed by atoms with Gasteiger partial charge < -0.3 is 15.0 Å². The van der Waals surface area contributed by atoms with Crippen LogP contribution in [0.1, 0.15) is 10.4 Å². The lowest BCUT2D eigenvalue weighted by atomic mass is 10.2. The second-order valence-electron chi connectivity index (χ2n) is 4.92. The molecule has 1 aliphatic heterocycles. The molecule has 2 amide bonds. The Morgan fingerprint density at radius 2 is 1.81 bits per heavy atom. The number of alkyl carbamates (subject to hydrolysis) is 1. The molecule has 0 aliphatic carbocycles. The van der Waals surface area contributed by atoms with Gasteiger partial charge in [-0.15, -0.1) is 0 Å². The Bertz CT molecular complexity index is 470. The molecule has 1 saturated heterocycles. The molecular formula is C15H21N3O3. The minimum absolute atomic E-state index is 0.0861. The molecule has 0 atom stereocenters. The number of carbonyl (C=O) groups is 2. The van der Waals surface area contributed by atoms with E-state index in [-0.39, 0.29) is 5.91 Å². The lowest BCUT2D eigenvalue weighted by Crippen LogP contribution is -2.50. The summed E-state index contributed by atoms with van der Waals surface area (Å²) < 4.78 is 4.52. The van der Waals surface area contributed by atoms with Gasteiger partial charge in [-0.05, 0) is 12.1 Å². The minimum Gasteiger partial charge on any atom is -0.453 e. The van der Waals surface area contributed by atoms with E-state index in [1.54, 1.807) is 0 Å². The number of amides is 2. The number of hydrogen-bond donors (Lipinski definition) is 1. The van der Waals surface area contributed by atoms with Gasteiger partial charge in [0, 0.05) is 44.8 Å². The number of rotatable bonds is 4. The molecule has 0 aromatic heterocycles. The highest BCUT2D eigenvalue weighted by Crippen LogP contribution is 2.08. The second kappa shape index (κ2) is 7.64. The predicted molar refractivity (Wildman–Crippen MR) is 79.2 cm³/mol. The van der Waals surface area contributed by atoms with Crippen LogP contribution in [0.3, 0.4) is 0 Å². The quantitative estimate of drug-likeness (QED) is 0.891. The Kier molecular flexibility index (Phi) is 5.57. The number of hydrogen-bond acceptors (Lipinski definition) is 4. The van der Waals surface area contributed by atoms with Gasteiger partial charge in [0.2, 0.25) is 0 Å². The molecule has 6 nitrogen and oxygen atoms in total. The van der Waals surface area contributed by atoms with Crippen molar-refractivity contribution in [2.24, 2.45) is 0 Å². The van der Waals surface area contributed by atoms with Crippen molar-refractivity contribution in [3.63, 3.8) is 0 Å². The second-order valence-corrected chi connectivity index (χ2v) is 4.92. The zero-order chi connectivity index (χ0) is 15.1. The fraction of sp³-hybridized carbons (Fsp3) is 0.467. The Hall–Kier alpha value is -2.08. The van der Waals surface area contributed by atoms with Crippen LogP contribution in [-0.2, 0) is 4.74 Å². The highest BCUT2D eigenvalue weighted by molar-refractivity contribution is 5.94. The van der Waals surface area contributed by atoms with Crippen LogP contribution in [0.5, 0.6) is 0 Å². The van der Waals surface area contributed by atoms with Gasteiger partial charge in [0.25, 0.3) is 5.91 Å². The van der Waals surface area contributed by atoms with Crippen molar-refractivity contribution in [3.05, 3.63) is 35.9 Å². The first kappa shape index (κ1) is 15.3. The Morgan fingerprint density at radius 3 is 2.43 bits per heavy atom. The first-order chi connectivity index (χ1) is 10.2. The van der Waals surface area contributed by atoms with Gasteiger partial charge in [-0.25, -0.2) is 4.79 Å². The van der Waals surface area contributed by atoms with Crippen LogP contribution in [0.2, 0.25) is 0 Å². The standard InChI is InChI=1S/C15H21N3O3/c1-21-15(20)16-7-8-17-9-11-18(12-10-17)14(19)13-5-3-2-4-6-13/h2-6H,7-12H2,1H3,(H,16,20). The molecular weight excluding hydrogens is 270 g/mol. The molecule has 0 spiro atoms. The van der Waals surface area contributed by atoms with Gasteiger partial charge >= 0.3 is 6.09 Å². The Balaban J connectivity index is 1.73. The van der Waals surface area contributed by atoms with Crippen molar-refractivity contribution in [2.45, 2.75) is 0 Å². The van der Waals surface area contributed by atoms with E-state index in [9.17, 15) is 9.59 Å². The van der Waals surface area contributed by atoms with Crippen molar-refractivity contribution in [1.29, 1.82) is 0 Å². The summed E-state index contributed by atoms with van der Waals surface area (Å²) >= 11 is 0. The number of piperazine rings is 1. The van der Waals surface area contributed by atoms with E-state index >= 15 is 0 Å². The molecule has 0 radical (unpaired) electrons. The minimum atomic E-state index is -0.409. The van der Waals surface area contributed by atoms with Gasteiger partial charge in [0.15, 0.2) is 0 Å². The van der Waals surface area contributed by atoms with Crippen LogP contribution in [0.15, 0.2) is 30.3 Å². The van der Waals surface area contributed by atoms with Crippen LogP contribution < -0.4 is 5.32 Å². The molecule has 21 heavy (non-hydrogen) atoms. The summed E-state index contributed by atoms with van der Waals surface area (Å²) in [6.45, 7) is 4.39. The third kappa shape index (κ3) is 4.46. The zero-order valence-corrected chi connectivity index (χ0v) is 12.2. The van der Waals surface area contributed by atoms with E-state index in [1.165, 1.54) is 7.11 Å². The third-order valence-electron chi connectivity index (χ3n) is 3.56. The highest BCUT2D eigenvalue weighted by atomic mass is 16.5. The van der Waals surface area contributed by atoms with Crippen LogP contribution in [-0.4, -0.2) is 68.2 Å². The zero-order valence-electron chi connectivity index (χ0n) is 12.2. The molecule has 1 N–H and O–H groups in total. The average molecular weight is 291 g/mol. The maximum atomic E-state index is 12.3. The van der Waals surface area contributed by atoms with Crippen LogP contribution >= 0.6 is 0 Å². The molecule has 1 heterocycles. The molecule has 1 aliphatic rings. The summed E-state index contributed by atoms with van der Waals surface area (Å²) in [4.78, 5) is 27.3. The van der Waals surface area contributed by atoms with Crippen molar-refractivity contribution in [2.75, 3.05) is 46.4 Å². The third-order valence-corrected chi connectivity index (χ3v) is 3.56. The van der Waals surface area contributed by atoms with E-state index in [1.807, 2.05) is 35.2 Å². The van der Waals surface area contributed by atoms with E-state index in [0.717, 1.165) is 25.2 Å². The lowest BCUT2D eigenvalue weighted by molar-refractivity contribution is 0.0638. The Morgan fingerprint density at radius 1 is 1.14 bits per heavy atom. The molecule has 2 rings (SSSR count).